The molecular weight excluding hydrogens is 402 g/mol. The van der Waals surface area contributed by atoms with Crippen LogP contribution in [0, 0.1) is 0 Å². The van der Waals surface area contributed by atoms with Crippen LogP contribution in [0.1, 0.15) is 42.5 Å². The Morgan fingerprint density at radius 3 is 2.47 bits per heavy atom. The first-order chi connectivity index (χ1) is 14.4. The van der Waals surface area contributed by atoms with E-state index in [1.54, 1.807) is 24.4 Å². The third-order valence-corrected chi connectivity index (χ3v) is 6.16. The van der Waals surface area contributed by atoms with Gasteiger partial charge in [-0.3, -0.25) is 4.79 Å². The first kappa shape index (κ1) is 20.2. The Hall–Kier alpha value is -3.04. The third-order valence-electron chi connectivity index (χ3n) is 5.23. The predicted molar refractivity (Wildman–Crippen MR) is 115 cm³/mol. The fraction of sp³-hybridized carbons (Fsp3) is 0.286. The van der Waals surface area contributed by atoms with Gasteiger partial charge in [-0.15, -0.1) is 0 Å². The Labute approximate surface area is 175 Å². The van der Waals surface area contributed by atoms with E-state index in [0.29, 0.717) is 22.7 Å². The molecule has 0 saturated heterocycles. The van der Waals surface area contributed by atoms with Gasteiger partial charge in [0.25, 0.3) is 5.91 Å². The van der Waals surface area contributed by atoms with Crippen LogP contribution in [0.3, 0.4) is 0 Å². The summed E-state index contributed by atoms with van der Waals surface area (Å²) >= 11 is 0. The van der Waals surface area contributed by atoms with Crippen molar-refractivity contribution in [3.8, 4) is 0 Å². The van der Waals surface area contributed by atoms with Crippen LogP contribution < -0.4 is 15.8 Å². The fourth-order valence-corrected chi connectivity index (χ4v) is 4.18. The lowest BCUT2D eigenvalue weighted by Crippen LogP contribution is -2.36. The van der Waals surface area contributed by atoms with E-state index in [1.807, 2.05) is 12.1 Å². The van der Waals surface area contributed by atoms with Crippen LogP contribution in [0.4, 0.5) is 11.6 Å². The van der Waals surface area contributed by atoms with E-state index < -0.39 is 10.0 Å². The molecule has 3 aromatic rings. The summed E-state index contributed by atoms with van der Waals surface area (Å²) in [7, 11) is -3.75. The van der Waals surface area contributed by atoms with Crippen LogP contribution in [0.2, 0.25) is 0 Å². The van der Waals surface area contributed by atoms with E-state index in [0.717, 1.165) is 31.1 Å². The van der Waals surface area contributed by atoms with Crippen LogP contribution in [0.15, 0.2) is 53.6 Å². The molecule has 1 saturated carbocycles. The maximum atomic E-state index is 12.9. The second-order valence-corrected chi connectivity index (χ2v) is 9.00. The second-order valence-electron chi connectivity index (χ2n) is 7.44. The van der Waals surface area contributed by atoms with E-state index in [9.17, 15) is 13.2 Å². The fourth-order valence-electron chi connectivity index (χ4n) is 3.67. The van der Waals surface area contributed by atoms with Gasteiger partial charge in [-0.1, -0.05) is 31.4 Å². The zero-order valence-corrected chi connectivity index (χ0v) is 17.2. The number of nitrogens with two attached hydrogens (primary N) is 1. The maximum absolute atomic E-state index is 12.9. The molecule has 2 aromatic carbocycles. The number of carbonyl (C=O) groups is 1. The van der Waals surface area contributed by atoms with Crippen molar-refractivity contribution in [2.24, 2.45) is 5.14 Å². The van der Waals surface area contributed by atoms with Crippen molar-refractivity contribution in [2.75, 3.05) is 5.32 Å². The molecule has 1 aliphatic carbocycles. The highest BCUT2D eigenvalue weighted by Crippen LogP contribution is 2.22. The van der Waals surface area contributed by atoms with E-state index in [4.69, 9.17) is 5.14 Å². The molecule has 4 N–H and O–H groups in total. The van der Waals surface area contributed by atoms with Gasteiger partial charge in [0.1, 0.15) is 0 Å². The van der Waals surface area contributed by atoms with Gasteiger partial charge >= 0.3 is 0 Å². The molecule has 0 unspecified atom stereocenters. The van der Waals surface area contributed by atoms with Gasteiger partial charge in [0.2, 0.25) is 16.0 Å². The Morgan fingerprint density at radius 2 is 1.77 bits per heavy atom. The lowest BCUT2D eigenvalue weighted by molar-refractivity contribution is 0.0929. The third kappa shape index (κ3) is 4.58. The van der Waals surface area contributed by atoms with Crippen molar-refractivity contribution in [2.45, 2.75) is 43.0 Å². The average Bonchev–Trinajstić information content (AvgIpc) is 2.74. The summed E-state index contributed by atoms with van der Waals surface area (Å²) in [4.78, 5) is 21.7. The van der Waals surface area contributed by atoms with Crippen LogP contribution in [-0.4, -0.2) is 30.3 Å². The number of hydrogen-bond donors (Lipinski definition) is 3. The van der Waals surface area contributed by atoms with Crippen molar-refractivity contribution >= 4 is 38.5 Å². The molecule has 0 atom stereocenters. The van der Waals surface area contributed by atoms with Crippen LogP contribution in [0.25, 0.3) is 10.9 Å². The molecule has 30 heavy (non-hydrogen) atoms. The summed E-state index contributed by atoms with van der Waals surface area (Å²) < 4.78 is 22.8. The molecule has 0 spiro atoms. The van der Waals surface area contributed by atoms with Crippen LogP contribution >= 0.6 is 0 Å². The quantitative estimate of drug-likeness (QED) is 0.576. The number of nitrogens with one attached hydrogen (secondary N) is 2. The Balaban J connectivity index is 1.58. The highest BCUT2D eigenvalue weighted by atomic mass is 32.2. The lowest BCUT2D eigenvalue weighted by atomic mass is 9.95. The number of sulfonamides is 1. The normalized spacial score (nSPS) is 15.1. The van der Waals surface area contributed by atoms with Crippen LogP contribution in [-0.2, 0) is 10.0 Å². The number of amides is 1. The molecule has 1 fully saturated rings. The number of hydrogen-bond acceptors (Lipinski definition) is 6. The van der Waals surface area contributed by atoms with Crippen LogP contribution in [0.5, 0.6) is 0 Å². The van der Waals surface area contributed by atoms with E-state index in [1.165, 1.54) is 18.6 Å². The van der Waals surface area contributed by atoms with Gasteiger partial charge in [0.05, 0.1) is 16.0 Å². The number of benzene rings is 2. The second kappa shape index (κ2) is 8.37. The molecule has 0 bridgehead atoms. The number of primary sulfonamides is 1. The first-order valence-corrected chi connectivity index (χ1v) is 11.4. The number of aromatic nitrogens is 2. The van der Waals surface area contributed by atoms with Gasteiger partial charge in [0, 0.05) is 23.3 Å². The number of rotatable bonds is 5. The Bertz CT molecular complexity index is 1170. The molecule has 0 radical (unpaired) electrons. The van der Waals surface area contributed by atoms with Gasteiger partial charge < -0.3 is 10.6 Å². The number of anilines is 2. The predicted octanol–water partition coefficient (Wildman–Crippen LogP) is 3.08. The largest absolute Gasteiger partial charge is 0.349 e. The van der Waals surface area contributed by atoms with Crippen molar-refractivity contribution in [1.82, 2.24) is 15.3 Å². The van der Waals surface area contributed by atoms with Gasteiger partial charge in [-0.05, 0) is 43.2 Å². The molecule has 8 nitrogen and oxygen atoms in total. The van der Waals surface area contributed by atoms with Crippen molar-refractivity contribution in [3.05, 3.63) is 54.2 Å². The molecule has 0 aliphatic heterocycles. The lowest BCUT2D eigenvalue weighted by Gasteiger charge is -2.23. The highest BCUT2D eigenvalue weighted by Gasteiger charge is 2.19. The van der Waals surface area contributed by atoms with Gasteiger partial charge in [-0.25, -0.2) is 23.5 Å². The minimum absolute atomic E-state index is 0.0224. The zero-order chi connectivity index (χ0) is 21.1. The summed E-state index contributed by atoms with van der Waals surface area (Å²) in [6.07, 6.45) is 7.17. The van der Waals surface area contributed by atoms with E-state index in [-0.39, 0.29) is 16.8 Å². The SMILES string of the molecule is NS(=O)(=O)c1ccc(Nc2ncc3cccc(C(=O)NC4CCCCC4)c3n2)cc1. The maximum Gasteiger partial charge on any atom is 0.253 e. The molecule has 9 heteroatoms. The molecule has 156 valence electrons. The van der Waals surface area contributed by atoms with Gasteiger partial charge in [-0.2, -0.15) is 0 Å². The topological polar surface area (TPSA) is 127 Å². The molecule has 1 amide bonds. The molecule has 4 rings (SSSR count). The zero-order valence-electron chi connectivity index (χ0n) is 16.3. The van der Waals surface area contributed by atoms with Gasteiger partial charge in [0.15, 0.2) is 0 Å². The summed E-state index contributed by atoms with van der Waals surface area (Å²) in [6.45, 7) is 0. The van der Waals surface area contributed by atoms with Crippen molar-refractivity contribution in [3.63, 3.8) is 0 Å². The first-order valence-electron chi connectivity index (χ1n) is 9.87. The number of nitrogens with zero attached hydrogens (tertiary/aromatic N) is 2. The number of para-hydroxylation sites is 1. The minimum Gasteiger partial charge on any atom is -0.349 e. The summed E-state index contributed by atoms with van der Waals surface area (Å²) in [5.74, 6) is 0.179. The van der Waals surface area contributed by atoms with Crippen molar-refractivity contribution < 1.29 is 13.2 Å². The van der Waals surface area contributed by atoms with E-state index >= 15 is 0 Å². The molecule has 1 aliphatic rings. The number of fused-ring (bicyclic) bond motifs is 1. The highest BCUT2D eigenvalue weighted by molar-refractivity contribution is 7.89. The molecule has 1 heterocycles. The number of carbonyl (C=O) groups excluding carboxylic acids is 1. The minimum atomic E-state index is -3.75. The Morgan fingerprint density at radius 1 is 1.03 bits per heavy atom. The smallest absolute Gasteiger partial charge is 0.253 e. The Kier molecular flexibility index (Phi) is 5.65. The molecular formula is C21H23N5O3S. The standard InChI is InChI=1S/C21H23N5O3S/c22-30(28,29)17-11-9-16(10-12-17)25-21-23-13-14-5-4-8-18(19(14)26-21)20(27)24-15-6-2-1-3-7-15/h4-5,8-13,15H,1-3,6-7H2,(H,24,27)(H2,22,28,29)(H,23,25,26). The van der Waals surface area contributed by atoms with E-state index in [2.05, 4.69) is 20.6 Å². The monoisotopic (exact) mass is 425 g/mol. The molecule has 1 aromatic heterocycles. The average molecular weight is 426 g/mol. The van der Waals surface area contributed by atoms with Crippen molar-refractivity contribution in [1.29, 1.82) is 0 Å². The summed E-state index contributed by atoms with van der Waals surface area (Å²) in [5, 5.41) is 12.0. The summed E-state index contributed by atoms with van der Waals surface area (Å²) in [5.41, 5.74) is 1.67. The summed E-state index contributed by atoms with van der Waals surface area (Å²) in [6, 6.07) is 11.6.